The molecule has 2 aromatic carbocycles. The van der Waals surface area contributed by atoms with Crippen LogP contribution in [0.4, 0.5) is 4.79 Å². The first-order valence-electron chi connectivity index (χ1n) is 7.67. The SMILES string of the molecule is O=C(O)CN1C(=O)SC(=Cc2ccc(C#Cc3ccccc3)cc2)C1=O. The minimum Gasteiger partial charge on any atom is -0.480 e. The Labute approximate surface area is 154 Å². The monoisotopic (exact) mass is 363 g/mol. The quantitative estimate of drug-likeness (QED) is 0.669. The van der Waals surface area contributed by atoms with E-state index in [1.54, 1.807) is 18.2 Å². The maximum absolute atomic E-state index is 12.1. The van der Waals surface area contributed by atoms with Crippen molar-refractivity contribution in [3.05, 3.63) is 76.2 Å². The van der Waals surface area contributed by atoms with Crippen molar-refractivity contribution >= 4 is 35.0 Å². The smallest absolute Gasteiger partial charge is 0.323 e. The number of amides is 2. The molecule has 0 aromatic heterocycles. The summed E-state index contributed by atoms with van der Waals surface area (Å²) < 4.78 is 0. The van der Waals surface area contributed by atoms with E-state index in [0.29, 0.717) is 0 Å². The second-order valence-electron chi connectivity index (χ2n) is 5.40. The molecule has 1 aliphatic rings. The van der Waals surface area contributed by atoms with Crippen LogP contribution < -0.4 is 0 Å². The van der Waals surface area contributed by atoms with Gasteiger partial charge >= 0.3 is 5.97 Å². The Bertz CT molecular complexity index is 953. The summed E-state index contributed by atoms with van der Waals surface area (Å²) in [5, 5.41) is 8.19. The number of thioether (sulfide) groups is 1. The first kappa shape index (κ1) is 17.5. The molecule has 1 heterocycles. The maximum Gasteiger partial charge on any atom is 0.323 e. The molecule has 0 radical (unpaired) electrons. The summed E-state index contributed by atoms with van der Waals surface area (Å²) in [5.74, 6) is 4.30. The molecule has 26 heavy (non-hydrogen) atoms. The highest BCUT2D eigenvalue weighted by Crippen LogP contribution is 2.31. The molecule has 0 bridgehead atoms. The van der Waals surface area contributed by atoms with Gasteiger partial charge < -0.3 is 5.11 Å². The Balaban J connectivity index is 1.74. The Hall–Kier alpha value is -3.30. The zero-order valence-corrected chi connectivity index (χ0v) is 14.3. The van der Waals surface area contributed by atoms with Gasteiger partial charge in [-0.25, -0.2) is 0 Å². The van der Waals surface area contributed by atoms with Gasteiger partial charge in [-0.2, -0.15) is 0 Å². The topological polar surface area (TPSA) is 74.7 Å². The van der Waals surface area contributed by atoms with E-state index in [0.717, 1.165) is 33.4 Å². The van der Waals surface area contributed by atoms with Gasteiger partial charge in [0.15, 0.2) is 0 Å². The van der Waals surface area contributed by atoms with Crippen LogP contribution in [0.1, 0.15) is 16.7 Å². The van der Waals surface area contributed by atoms with Crippen LogP contribution in [0.5, 0.6) is 0 Å². The first-order valence-corrected chi connectivity index (χ1v) is 8.49. The van der Waals surface area contributed by atoms with Crippen LogP contribution >= 0.6 is 11.8 Å². The standard InChI is InChI=1S/C20H13NO4S/c22-18(23)13-21-19(24)17(26-20(21)25)12-16-10-8-15(9-11-16)7-6-14-4-2-1-3-5-14/h1-5,8-12H,13H2,(H,22,23). The number of aliphatic carboxylic acids is 1. The number of carboxylic acid groups (broad SMARTS) is 1. The summed E-state index contributed by atoms with van der Waals surface area (Å²) in [4.78, 5) is 35.5. The molecule has 0 atom stereocenters. The fourth-order valence-corrected chi connectivity index (χ4v) is 3.09. The van der Waals surface area contributed by atoms with Crippen molar-refractivity contribution in [1.29, 1.82) is 0 Å². The molecule has 2 aromatic rings. The third-order valence-corrected chi connectivity index (χ3v) is 4.41. The Morgan fingerprint density at radius 3 is 2.23 bits per heavy atom. The number of hydrogen-bond donors (Lipinski definition) is 1. The highest BCUT2D eigenvalue weighted by Gasteiger charge is 2.36. The van der Waals surface area contributed by atoms with E-state index in [1.807, 2.05) is 42.5 Å². The molecule has 1 fully saturated rings. The van der Waals surface area contributed by atoms with Gasteiger partial charge in [-0.1, -0.05) is 42.2 Å². The Morgan fingerprint density at radius 1 is 1.00 bits per heavy atom. The number of carbonyl (C=O) groups is 3. The van der Waals surface area contributed by atoms with Gasteiger partial charge in [-0.05, 0) is 47.7 Å². The number of carbonyl (C=O) groups excluding carboxylic acids is 2. The first-order chi connectivity index (χ1) is 12.5. The predicted octanol–water partition coefficient (Wildman–Crippen LogP) is 3.21. The Kier molecular flexibility index (Phi) is 5.20. The molecule has 2 amide bonds. The van der Waals surface area contributed by atoms with Gasteiger partial charge in [-0.15, -0.1) is 0 Å². The van der Waals surface area contributed by atoms with Crippen molar-refractivity contribution in [3.63, 3.8) is 0 Å². The predicted molar refractivity (Wildman–Crippen MR) is 99.2 cm³/mol. The molecule has 5 nitrogen and oxygen atoms in total. The van der Waals surface area contributed by atoms with Crippen LogP contribution in [-0.2, 0) is 9.59 Å². The molecule has 0 saturated carbocycles. The average molecular weight is 363 g/mol. The number of imide groups is 1. The van der Waals surface area contributed by atoms with Gasteiger partial charge in [0.1, 0.15) is 6.54 Å². The molecule has 0 spiro atoms. The van der Waals surface area contributed by atoms with E-state index >= 15 is 0 Å². The van der Waals surface area contributed by atoms with E-state index < -0.39 is 23.7 Å². The number of hydrogen-bond acceptors (Lipinski definition) is 4. The van der Waals surface area contributed by atoms with Crippen LogP contribution in [0.2, 0.25) is 0 Å². The second kappa shape index (κ2) is 7.72. The fraction of sp³-hybridized carbons (Fsp3) is 0.0500. The van der Waals surface area contributed by atoms with Gasteiger partial charge in [0.2, 0.25) is 0 Å². The van der Waals surface area contributed by atoms with E-state index in [1.165, 1.54) is 0 Å². The van der Waals surface area contributed by atoms with Gasteiger partial charge in [0.05, 0.1) is 4.91 Å². The largest absolute Gasteiger partial charge is 0.480 e. The molecule has 6 heteroatoms. The molecule has 0 unspecified atom stereocenters. The van der Waals surface area contributed by atoms with Crippen molar-refractivity contribution in [2.75, 3.05) is 6.54 Å². The fourth-order valence-electron chi connectivity index (χ4n) is 2.25. The molecular weight excluding hydrogens is 350 g/mol. The van der Waals surface area contributed by atoms with Crippen LogP contribution in [0, 0.1) is 11.8 Å². The number of nitrogens with zero attached hydrogens (tertiary/aromatic N) is 1. The van der Waals surface area contributed by atoms with Gasteiger partial charge in [0.25, 0.3) is 11.1 Å². The van der Waals surface area contributed by atoms with E-state index in [4.69, 9.17) is 5.11 Å². The molecule has 128 valence electrons. The summed E-state index contributed by atoms with van der Waals surface area (Å²) in [6.45, 7) is -0.629. The zero-order valence-electron chi connectivity index (χ0n) is 13.5. The third-order valence-electron chi connectivity index (χ3n) is 3.50. The summed E-state index contributed by atoms with van der Waals surface area (Å²) in [6.07, 6.45) is 1.57. The van der Waals surface area contributed by atoms with Crippen LogP contribution in [0.25, 0.3) is 6.08 Å². The van der Waals surface area contributed by atoms with Crippen molar-refractivity contribution < 1.29 is 19.5 Å². The van der Waals surface area contributed by atoms with E-state index in [9.17, 15) is 14.4 Å². The zero-order chi connectivity index (χ0) is 18.5. The molecule has 1 aliphatic heterocycles. The summed E-state index contributed by atoms with van der Waals surface area (Å²) in [5.41, 5.74) is 2.48. The molecule has 3 rings (SSSR count). The van der Waals surface area contributed by atoms with Crippen LogP contribution in [0.15, 0.2) is 59.5 Å². The third kappa shape index (κ3) is 4.21. The average Bonchev–Trinajstić information content (AvgIpc) is 2.89. The Morgan fingerprint density at radius 2 is 1.62 bits per heavy atom. The number of rotatable bonds is 3. The molecule has 1 N–H and O–H groups in total. The van der Waals surface area contributed by atoms with Crippen molar-refractivity contribution in [1.82, 2.24) is 4.90 Å². The summed E-state index contributed by atoms with van der Waals surface area (Å²) >= 11 is 0.738. The maximum atomic E-state index is 12.1. The van der Waals surface area contributed by atoms with Crippen LogP contribution in [0.3, 0.4) is 0 Å². The number of benzene rings is 2. The van der Waals surface area contributed by atoms with E-state index in [2.05, 4.69) is 11.8 Å². The van der Waals surface area contributed by atoms with Crippen LogP contribution in [-0.4, -0.2) is 33.7 Å². The summed E-state index contributed by atoms with van der Waals surface area (Å²) in [6, 6.07) is 16.9. The highest BCUT2D eigenvalue weighted by atomic mass is 32.2. The van der Waals surface area contributed by atoms with Crippen molar-refractivity contribution in [2.24, 2.45) is 0 Å². The minimum absolute atomic E-state index is 0.208. The highest BCUT2D eigenvalue weighted by molar-refractivity contribution is 8.18. The molecule has 1 saturated heterocycles. The lowest BCUT2D eigenvalue weighted by atomic mass is 10.1. The number of carboxylic acids is 1. The lowest BCUT2D eigenvalue weighted by molar-refractivity contribution is -0.140. The minimum atomic E-state index is -1.23. The van der Waals surface area contributed by atoms with Gasteiger partial charge in [0, 0.05) is 11.1 Å². The lowest BCUT2D eigenvalue weighted by Crippen LogP contribution is -2.33. The molecular formula is C20H13NO4S. The van der Waals surface area contributed by atoms with Crippen molar-refractivity contribution in [2.45, 2.75) is 0 Å². The lowest BCUT2D eigenvalue weighted by Gasteiger charge is -2.07. The summed E-state index contributed by atoms with van der Waals surface area (Å²) in [7, 11) is 0. The second-order valence-corrected chi connectivity index (χ2v) is 6.39. The molecule has 0 aliphatic carbocycles. The normalized spacial score (nSPS) is 15.1. The van der Waals surface area contributed by atoms with Gasteiger partial charge in [-0.3, -0.25) is 19.3 Å². The van der Waals surface area contributed by atoms with Crippen molar-refractivity contribution in [3.8, 4) is 11.8 Å². The van der Waals surface area contributed by atoms with E-state index in [-0.39, 0.29) is 4.91 Å².